The molecule has 0 aliphatic carbocycles. The predicted octanol–water partition coefficient (Wildman–Crippen LogP) is 2.00. The maximum absolute atomic E-state index is 12.7. The van der Waals surface area contributed by atoms with Gasteiger partial charge >= 0.3 is 0 Å². The van der Waals surface area contributed by atoms with Crippen LogP contribution in [-0.2, 0) is 4.79 Å². The molecule has 18 heavy (non-hydrogen) atoms. The lowest BCUT2D eigenvalue weighted by atomic mass is 9.71. The highest BCUT2D eigenvalue weighted by Crippen LogP contribution is 2.43. The van der Waals surface area contributed by atoms with Crippen molar-refractivity contribution in [3.05, 3.63) is 12.3 Å². The van der Waals surface area contributed by atoms with Crippen LogP contribution in [0.25, 0.3) is 0 Å². The van der Waals surface area contributed by atoms with E-state index >= 15 is 0 Å². The molecule has 0 aromatic rings. The van der Waals surface area contributed by atoms with Crippen LogP contribution in [0.1, 0.15) is 38.5 Å². The molecule has 2 bridgehead atoms. The summed E-state index contributed by atoms with van der Waals surface area (Å²) in [5, 5.41) is 0. The average molecular weight is 246 g/mol. The van der Waals surface area contributed by atoms with Crippen molar-refractivity contribution in [2.45, 2.75) is 50.6 Å². The summed E-state index contributed by atoms with van der Waals surface area (Å²) in [6.07, 6.45) is 11.6. The van der Waals surface area contributed by atoms with Crippen molar-refractivity contribution in [2.75, 3.05) is 13.1 Å². The molecule has 0 aromatic heterocycles. The van der Waals surface area contributed by atoms with Crippen molar-refractivity contribution >= 4 is 5.91 Å². The molecule has 0 saturated carbocycles. The molecule has 3 fully saturated rings. The van der Waals surface area contributed by atoms with Crippen molar-refractivity contribution < 1.29 is 4.79 Å². The first kappa shape index (κ1) is 11.0. The van der Waals surface area contributed by atoms with E-state index in [-0.39, 0.29) is 0 Å². The zero-order valence-electron chi connectivity index (χ0n) is 10.9. The molecule has 0 aromatic carbocycles. The fraction of sp³-hybridized carbons (Fsp3) is 0.800. The second-order valence-electron chi connectivity index (χ2n) is 6.44. The minimum atomic E-state index is 0.294. The van der Waals surface area contributed by atoms with Gasteiger partial charge in [0.15, 0.2) is 0 Å². The van der Waals surface area contributed by atoms with Crippen LogP contribution in [0, 0.1) is 11.8 Å². The molecule has 4 aliphatic rings. The van der Waals surface area contributed by atoms with Crippen molar-refractivity contribution in [2.24, 2.45) is 11.8 Å². The molecular weight excluding hydrogens is 224 g/mol. The van der Waals surface area contributed by atoms with Gasteiger partial charge in [-0.05, 0) is 44.6 Å². The molecule has 4 atom stereocenters. The van der Waals surface area contributed by atoms with Crippen LogP contribution >= 0.6 is 0 Å². The lowest BCUT2D eigenvalue weighted by molar-refractivity contribution is -0.152. The first-order valence-electron chi connectivity index (χ1n) is 7.57. The average Bonchev–Trinajstić information content (AvgIpc) is 2.44. The topological polar surface area (TPSA) is 23.6 Å². The summed E-state index contributed by atoms with van der Waals surface area (Å²) < 4.78 is 0. The summed E-state index contributed by atoms with van der Waals surface area (Å²) in [5.74, 6) is 1.44. The molecule has 98 valence electrons. The van der Waals surface area contributed by atoms with Crippen LogP contribution in [0.2, 0.25) is 0 Å². The number of carbonyl (C=O) groups excluding carboxylic acids is 1. The van der Waals surface area contributed by atoms with Gasteiger partial charge in [0.25, 0.3) is 0 Å². The van der Waals surface area contributed by atoms with Crippen molar-refractivity contribution in [1.29, 1.82) is 0 Å². The van der Waals surface area contributed by atoms with Crippen molar-refractivity contribution in [3.8, 4) is 0 Å². The maximum atomic E-state index is 12.7. The third-order valence-electron chi connectivity index (χ3n) is 5.52. The molecule has 4 heterocycles. The monoisotopic (exact) mass is 246 g/mol. The van der Waals surface area contributed by atoms with E-state index in [1.807, 2.05) is 0 Å². The fourth-order valence-electron chi connectivity index (χ4n) is 4.70. The van der Waals surface area contributed by atoms with Crippen LogP contribution in [0.4, 0.5) is 0 Å². The van der Waals surface area contributed by atoms with Crippen LogP contribution in [0.15, 0.2) is 12.3 Å². The molecule has 3 heteroatoms. The summed E-state index contributed by atoms with van der Waals surface area (Å²) in [5.41, 5.74) is 0. The highest BCUT2D eigenvalue weighted by Gasteiger charge is 2.50. The van der Waals surface area contributed by atoms with Gasteiger partial charge in [-0.2, -0.15) is 0 Å². The van der Waals surface area contributed by atoms with E-state index in [2.05, 4.69) is 22.1 Å². The Morgan fingerprint density at radius 1 is 1.17 bits per heavy atom. The molecule has 4 aliphatic heterocycles. The van der Waals surface area contributed by atoms with E-state index in [0.717, 1.165) is 18.8 Å². The van der Waals surface area contributed by atoms with Crippen LogP contribution in [0.5, 0.6) is 0 Å². The summed E-state index contributed by atoms with van der Waals surface area (Å²) in [4.78, 5) is 17.4. The summed E-state index contributed by atoms with van der Waals surface area (Å²) in [6, 6.07) is 1.06. The fourth-order valence-corrected chi connectivity index (χ4v) is 4.70. The Labute approximate surface area is 109 Å². The summed E-state index contributed by atoms with van der Waals surface area (Å²) in [7, 11) is 0. The highest BCUT2D eigenvalue weighted by atomic mass is 16.2. The number of hydrogen-bond acceptors (Lipinski definition) is 2. The Balaban J connectivity index is 1.67. The van der Waals surface area contributed by atoms with Gasteiger partial charge in [-0.1, -0.05) is 12.5 Å². The van der Waals surface area contributed by atoms with Crippen molar-refractivity contribution in [3.63, 3.8) is 0 Å². The molecule has 1 amide bonds. The third kappa shape index (κ3) is 1.49. The maximum Gasteiger partial charge on any atom is 0.231 e. The Morgan fingerprint density at radius 2 is 2.11 bits per heavy atom. The molecule has 0 radical (unpaired) electrons. The van der Waals surface area contributed by atoms with Crippen LogP contribution in [-0.4, -0.2) is 40.9 Å². The van der Waals surface area contributed by atoms with Gasteiger partial charge < -0.3 is 4.90 Å². The van der Waals surface area contributed by atoms with Crippen molar-refractivity contribution in [1.82, 2.24) is 9.80 Å². The third-order valence-corrected chi connectivity index (χ3v) is 5.52. The normalized spacial score (nSPS) is 43.6. The lowest BCUT2D eigenvalue weighted by Crippen LogP contribution is -2.64. The van der Waals surface area contributed by atoms with Gasteiger partial charge in [-0.15, -0.1) is 0 Å². The van der Waals surface area contributed by atoms with Gasteiger partial charge in [0.2, 0.25) is 5.91 Å². The number of carbonyl (C=O) groups is 1. The summed E-state index contributed by atoms with van der Waals surface area (Å²) in [6.45, 7) is 2.47. The van der Waals surface area contributed by atoms with Gasteiger partial charge in [-0.25, -0.2) is 0 Å². The molecule has 4 unspecified atom stereocenters. The second-order valence-corrected chi connectivity index (χ2v) is 6.44. The molecule has 3 saturated heterocycles. The Kier molecular flexibility index (Phi) is 2.51. The van der Waals surface area contributed by atoms with Gasteiger partial charge in [0.1, 0.15) is 0 Å². The minimum Gasteiger partial charge on any atom is -0.316 e. The number of rotatable bonds is 0. The lowest BCUT2D eigenvalue weighted by Gasteiger charge is -2.55. The van der Waals surface area contributed by atoms with E-state index in [4.69, 9.17) is 0 Å². The number of allylic oxidation sites excluding steroid dienone is 1. The molecule has 3 nitrogen and oxygen atoms in total. The van der Waals surface area contributed by atoms with Gasteiger partial charge in [0, 0.05) is 24.8 Å². The highest BCUT2D eigenvalue weighted by molar-refractivity contribution is 5.82. The van der Waals surface area contributed by atoms with Gasteiger partial charge in [0.05, 0.1) is 5.92 Å². The SMILES string of the molecule is O=C1C2CC(CN3CCCCC23)C2CCC=CN12. The zero-order chi connectivity index (χ0) is 12.1. The Bertz CT molecular complexity index is 392. The molecule has 4 rings (SSSR count). The molecule has 0 spiro atoms. The number of nitrogens with zero attached hydrogens (tertiary/aromatic N) is 2. The molecular formula is C15H22N2O. The Morgan fingerprint density at radius 3 is 3.06 bits per heavy atom. The van der Waals surface area contributed by atoms with Crippen LogP contribution in [0.3, 0.4) is 0 Å². The van der Waals surface area contributed by atoms with E-state index < -0.39 is 0 Å². The quantitative estimate of drug-likeness (QED) is 0.652. The minimum absolute atomic E-state index is 0.294. The first-order valence-corrected chi connectivity index (χ1v) is 7.57. The number of piperidine rings is 3. The predicted molar refractivity (Wildman–Crippen MR) is 69.8 cm³/mol. The number of fused-ring (bicyclic) bond motifs is 6. The van der Waals surface area contributed by atoms with E-state index in [0.29, 0.717) is 23.9 Å². The first-order chi connectivity index (χ1) is 8.84. The van der Waals surface area contributed by atoms with Crippen LogP contribution < -0.4 is 0 Å². The number of amides is 1. The number of hydrogen-bond donors (Lipinski definition) is 0. The Hall–Kier alpha value is -0.830. The zero-order valence-corrected chi connectivity index (χ0v) is 10.9. The smallest absolute Gasteiger partial charge is 0.231 e. The van der Waals surface area contributed by atoms with Gasteiger partial charge in [-0.3, -0.25) is 9.69 Å². The van der Waals surface area contributed by atoms with E-state index in [1.54, 1.807) is 0 Å². The largest absolute Gasteiger partial charge is 0.316 e. The second kappa shape index (κ2) is 4.09. The van der Waals surface area contributed by atoms with E-state index in [9.17, 15) is 4.79 Å². The summed E-state index contributed by atoms with van der Waals surface area (Å²) >= 11 is 0. The standard InChI is InChI=1S/C15H22N2O/c18-15-12-9-11(13-5-2-4-8-17(13)15)10-16-7-3-1-6-14(12)16/h4,8,11-14H,1-3,5-7,9-10H2. The van der Waals surface area contributed by atoms with E-state index in [1.165, 1.54) is 38.8 Å². The molecule has 0 N–H and O–H groups in total.